The molecule has 2 aliphatic heterocycles. The summed E-state index contributed by atoms with van der Waals surface area (Å²) in [5.74, 6) is -2.02. The Bertz CT molecular complexity index is 1110. The fourth-order valence-corrected chi connectivity index (χ4v) is 4.22. The van der Waals surface area contributed by atoms with Gasteiger partial charge in [0, 0.05) is 6.08 Å². The summed E-state index contributed by atoms with van der Waals surface area (Å²) in [7, 11) is 0. The second-order valence-electron chi connectivity index (χ2n) is 7.16. The van der Waals surface area contributed by atoms with Crippen LogP contribution in [0.2, 0.25) is 0 Å². The van der Waals surface area contributed by atoms with Crippen molar-refractivity contribution in [1.29, 1.82) is 5.26 Å². The third kappa shape index (κ3) is 2.68. The van der Waals surface area contributed by atoms with Gasteiger partial charge < -0.3 is 15.1 Å². The summed E-state index contributed by atoms with van der Waals surface area (Å²) in [5.41, 5.74) is 2.29. The van der Waals surface area contributed by atoms with E-state index in [0.717, 1.165) is 21.9 Å². The first-order chi connectivity index (χ1) is 13.4. The van der Waals surface area contributed by atoms with Crippen molar-refractivity contribution in [1.82, 2.24) is 4.90 Å². The Morgan fingerprint density at radius 2 is 2.00 bits per heavy atom. The first kappa shape index (κ1) is 18.0. The van der Waals surface area contributed by atoms with E-state index in [2.05, 4.69) is 0 Å². The number of carboxylic acids is 1. The molecule has 0 spiro atoms. The number of benzene rings is 2. The summed E-state index contributed by atoms with van der Waals surface area (Å²) in [6, 6.07) is 13.1. The molecule has 28 heavy (non-hydrogen) atoms. The smallest absolute Gasteiger partial charge is 0.352 e. The average molecular weight is 374 g/mol. The minimum atomic E-state index is -1.13. The van der Waals surface area contributed by atoms with Crippen LogP contribution in [0.25, 0.3) is 22.4 Å². The number of hydrogen-bond acceptors (Lipinski definition) is 4. The summed E-state index contributed by atoms with van der Waals surface area (Å²) in [5, 5.41) is 30.1. The molecule has 140 valence electrons. The Hall–Kier alpha value is -3.43. The topological polar surface area (TPSA) is 102 Å². The fourth-order valence-electron chi connectivity index (χ4n) is 4.22. The number of carbonyl (C=O) groups is 2. The summed E-state index contributed by atoms with van der Waals surface area (Å²) < 4.78 is 0. The molecule has 0 unspecified atom stereocenters. The monoisotopic (exact) mass is 374 g/mol. The molecule has 0 bridgehead atoms. The van der Waals surface area contributed by atoms with Crippen LogP contribution in [-0.2, 0) is 9.59 Å². The molecule has 2 aromatic carbocycles. The number of aliphatic hydroxyl groups is 1. The summed E-state index contributed by atoms with van der Waals surface area (Å²) in [6.07, 6.45) is 2.75. The molecule has 1 fully saturated rings. The molecule has 3 atom stereocenters. The predicted octanol–water partition coefficient (Wildman–Crippen LogP) is 2.78. The van der Waals surface area contributed by atoms with Gasteiger partial charge in [0.1, 0.15) is 5.70 Å². The zero-order valence-electron chi connectivity index (χ0n) is 15.2. The largest absolute Gasteiger partial charge is 0.477 e. The van der Waals surface area contributed by atoms with Crippen LogP contribution in [0, 0.1) is 17.2 Å². The number of amides is 1. The van der Waals surface area contributed by atoms with Gasteiger partial charge in [0.15, 0.2) is 0 Å². The number of carbonyl (C=O) groups excluding carboxylic acids is 1. The molecule has 1 amide bonds. The highest BCUT2D eigenvalue weighted by atomic mass is 16.4. The third-order valence-electron chi connectivity index (χ3n) is 5.49. The van der Waals surface area contributed by atoms with E-state index < -0.39 is 18.0 Å². The van der Waals surface area contributed by atoms with Crippen LogP contribution in [0.4, 0.5) is 0 Å². The van der Waals surface area contributed by atoms with Crippen LogP contribution in [-0.4, -0.2) is 39.1 Å². The Morgan fingerprint density at radius 3 is 2.68 bits per heavy atom. The summed E-state index contributed by atoms with van der Waals surface area (Å²) in [6.45, 7) is 1.56. The first-order valence-electron chi connectivity index (χ1n) is 9.00. The lowest BCUT2D eigenvalue weighted by Gasteiger charge is -2.44. The normalized spacial score (nSPS) is 22.3. The quantitative estimate of drug-likeness (QED) is 0.633. The van der Waals surface area contributed by atoms with Crippen LogP contribution >= 0.6 is 0 Å². The molecule has 0 saturated carbocycles. The van der Waals surface area contributed by atoms with Gasteiger partial charge in [-0.1, -0.05) is 24.3 Å². The number of carboxylic acid groups (broad SMARTS) is 1. The summed E-state index contributed by atoms with van der Waals surface area (Å²) >= 11 is 0. The Balaban J connectivity index is 1.75. The van der Waals surface area contributed by atoms with Gasteiger partial charge in [-0.3, -0.25) is 4.79 Å². The van der Waals surface area contributed by atoms with E-state index in [1.165, 1.54) is 11.0 Å². The average Bonchev–Trinajstić information content (AvgIpc) is 3.00. The highest BCUT2D eigenvalue weighted by Gasteiger charge is 2.56. The van der Waals surface area contributed by atoms with Gasteiger partial charge in [-0.2, -0.15) is 5.26 Å². The van der Waals surface area contributed by atoms with E-state index in [-0.39, 0.29) is 17.6 Å². The molecule has 0 aliphatic carbocycles. The molecular formula is C22H18N2O4. The van der Waals surface area contributed by atoms with E-state index in [0.29, 0.717) is 12.0 Å². The molecule has 0 radical (unpaired) electrons. The molecule has 6 heteroatoms. The molecule has 2 N–H and O–H groups in total. The van der Waals surface area contributed by atoms with E-state index >= 15 is 0 Å². The van der Waals surface area contributed by atoms with Crippen molar-refractivity contribution < 1.29 is 19.8 Å². The van der Waals surface area contributed by atoms with Gasteiger partial charge in [-0.15, -0.1) is 0 Å². The van der Waals surface area contributed by atoms with Crippen molar-refractivity contribution in [2.45, 2.75) is 25.5 Å². The van der Waals surface area contributed by atoms with Crippen LogP contribution < -0.4 is 0 Å². The molecule has 1 saturated heterocycles. The molecule has 2 heterocycles. The van der Waals surface area contributed by atoms with Gasteiger partial charge in [-0.25, -0.2) is 4.79 Å². The number of allylic oxidation sites excluding steroid dienone is 1. The van der Waals surface area contributed by atoms with E-state index in [4.69, 9.17) is 5.26 Å². The maximum absolute atomic E-state index is 12.4. The maximum atomic E-state index is 12.4. The zero-order valence-corrected chi connectivity index (χ0v) is 15.2. The molecule has 4 rings (SSSR count). The van der Waals surface area contributed by atoms with Crippen LogP contribution in [0.15, 0.2) is 48.2 Å². The van der Waals surface area contributed by atoms with Gasteiger partial charge >= 0.3 is 5.97 Å². The lowest BCUT2D eigenvalue weighted by atomic mass is 9.82. The number of rotatable bonds is 4. The number of hydrogen-bond donors (Lipinski definition) is 2. The molecule has 6 nitrogen and oxygen atoms in total. The number of nitrogens with zero attached hydrogens (tertiary/aromatic N) is 2. The lowest BCUT2D eigenvalue weighted by Crippen LogP contribution is -2.61. The Kier molecular flexibility index (Phi) is 4.25. The minimum absolute atomic E-state index is 0.0137. The third-order valence-corrected chi connectivity index (χ3v) is 5.49. The van der Waals surface area contributed by atoms with Crippen molar-refractivity contribution >= 4 is 34.3 Å². The van der Waals surface area contributed by atoms with E-state index in [1.54, 1.807) is 13.0 Å². The fraction of sp³-hybridized carbons (Fsp3) is 0.227. The van der Waals surface area contributed by atoms with E-state index in [9.17, 15) is 19.8 Å². The zero-order chi connectivity index (χ0) is 20.0. The molecule has 2 aliphatic rings. The molecule has 2 aromatic rings. The van der Waals surface area contributed by atoms with Crippen molar-refractivity contribution in [2.24, 2.45) is 5.92 Å². The first-order valence-corrected chi connectivity index (χ1v) is 9.00. The second kappa shape index (κ2) is 6.63. The van der Waals surface area contributed by atoms with Gasteiger partial charge in [0.05, 0.1) is 24.1 Å². The number of aliphatic carboxylic acids is 1. The molecular weight excluding hydrogens is 356 g/mol. The van der Waals surface area contributed by atoms with Crippen molar-refractivity contribution in [3.05, 3.63) is 59.3 Å². The number of fused-ring (bicyclic) bond motifs is 2. The lowest BCUT2D eigenvalue weighted by molar-refractivity contribution is -0.161. The van der Waals surface area contributed by atoms with Gasteiger partial charge in [0.2, 0.25) is 5.91 Å². The van der Waals surface area contributed by atoms with Crippen LogP contribution in [0.5, 0.6) is 0 Å². The van der Waals surface area contributed by atoms with Crippen molar-refractivity contribution in [3.63, 3.8) is 0 Å². The standard InChI is InChI=1S/C22H18N2O4/c1-12(25)19-18-11-17(20(22(27)28)24(18)21(19)26)16-7-6-14-9-13(3-2-8-23)4-5-15(14)10-16/h2-7,9-10,12,18-19,25H,11H2,1H3,(H,27,28)/b3-2-/t12-,18-,19-/m1/s1. The van der Waals surface area contributed by atoms with E-state index in [1.807, 2.05) is 42.5 Å². The van der Waals surface area contributed by atoms with Crippen molar-refractivity contribution in [3.8, 4) is 6.07 Å². The van der Waals surface area contributed by atoms with Gasteiger partial charge in [0.25, 0.3) is 0 Å². The number of aliphatic hydroxyl groups excluding tert-OH is 1. The predicted molar refractivity (Wildman–Crippen MR) is 104 cm³/mol. The number of nitriles is 1. The highest BCUT2D eigenvalue weighted by molar-refractivity contribution is 6.06. The molecule has 0 aromatic heterocycles. The minimum Gasteiger partial charge on any atom is -0.477 e. The van der Waals surface area contributed by atoms with Crippen LogP contribution in [0.1, 0.15) is 24.5 Å². The Morgan fingerprint density at radius 1 is 1.29 bits per heavy atom. The highest BCUT2D eigenvalue weighted by Crippen LogP contribution is 2.47. The van der Waals surface area contributed by atoms with Crippen molar-refractivity contribution in [2.75, 3.05) is 0 Å². The number of β-lactam (4-membered cyclic amide) rings is 1. The Labute approximate surface area is 161 Å². The van der Waals surface area contributed by atoms with Gasteiger partial charge in [-0.05, 0) is 59.0 Å². The SMILES string of the molecule is C[C@@H](O)[C@H]1C(=O)N2C(C(=O)O)=C(c3ccc4cc(/C=C\C#N)ccc4c3)C[C@H]12. The maximum Gasteiger partial charge on any atom is 0.352 e. The summed E-state index contributed by atoms with van der Waals surface area (Å²) in [4.78, 5) is 25.5. The second-order valence-corrected chi connectivity index (χ2v) is 7.16. The van der Waals surface area contributed by atoms with Crippen LogP contribution in [0.3, 0.4) is 0 Å².